The third-order valence-corrected chi connectivity index (χ3v) is 10.1. The predicted octanol–water partition coefficient (Wildman–Crippen LogP) is 3.80. The maximum Gasteiger partial charge on any atom is 0.303 e. The Hall–Kier alpha value is -2.66. The van der Waals surface area contributed by atoms with E-state index in [4.69, 9.17) is 9.47 Å². The van der Waals surface area contributed by atoms with Gasteiger partial charge in [-0.15, -0.1) is 0 Å². The summed E-state index contributed by atoms with van der Waals surface area (Å²) in [5, 5.41) is 0. The summed E-state index contributed by atoms with van der Waals surface area (Å²) in [5.41, 5.74) is 1.27. The SMILES string of the molecule is CC(=O)O[C@@H](C(=O)N(Cc1ccccc1)[C@]12O[C@@H]3[C@@H]4[C@H]5[C@@H]6C[C@H]([C@H]5[C@H]41)[C@@H]2[C@@H]63)c1ccccc1. The first-order valence-electron chi connectivity index (χ1n) is 12.4. The van der Waals surface area contributed by atoms with Gasteiger partial charge in [-0.3, -0.25) is 9.59 Å². The maximum absolute atomic E-state index is 14.4. The Morgan fingerprint density at radius 1 is 0.970 bits per heavy atom. The number of esters is 1. The standard InChI is InChI=1S/C28H27NO4/c1-14(30)32-25(16-10-6-3-7-11-16)27(31)29(13-15-8-4-2-5-9-15)28-23-18-12-17-19-20(18)24(28)22(19)26(33-28)21(17)23/h2-11,17-26H,12-13H2,1H3/t17-,18+,19-,20+,21+,22+,23+,24+,25+,26-,28+/m0/s1. The first-order chi connectivity index (χ1) is 16.1. The largest absolute Gasteiger partial charge is 0.447 e. The van der Waals surface area contributed by atoms with Gasteiger partial charge in [0.2, 0.25) is 6.10 Å². The Bertz CT molecular complexity index is 1160. The van der Waals surface area contributed by atoms with Gasteiger partial charge in [0.25, 0.3) is 5.91 Å². The van der Waals surface area contributed by atoms with Crippen molar-refractivity contribution in [1.29, 1.82) is 0 Å². The Balaban J connectivity index is 1.25. The summed E-state index contributed by atoms with van der Waals surface area (Å²) in [7, 11) is 0. The molecule has 5 saturated carbocycles. The molecule has 168 valence electrons. The van der Waals surface area contributed by atoms with Crippen LogP contribution in [0.15, 0.2) is 60.7 Å². The highest BCUT2D eigenvalue weighted by Gasteiger charge is 2.94. The third-order valence-electron chi connectivity index (χ3n) is 10.1. The van der Waals surface area contributed by atoms with Crippen molar-refractivity contribution in [2.75, 3.05) is 0 Å². The molecular formula is C28H27NO4. The number of benzene rings is 2. The first kappa shape index (κ1) is 18.7. The van der Waals surface area contributed by atoms with Crippen molar-refractivity contribution in [2.45, 2.75) is 37.8 Å². The van der Waals surface area contributed by atoms with Crippen molar-refractivity contribution in [3.05, 3.63) is 71.8 Å². The van der Waals surface area contributed by atoms with Crippen LogP contribution in [0.4, 0.5) is 0 Å². The van der Waals surface area contributed by atoms with Crippen LogP contribution in [0.2, 0.25) is 0 Å². The van der Waals surface area contributed by atoms with Gasteiger partial charge in [0.05, 0.1) is 6.10 Å². The normalized spacial score (nSPS) is 44.3. The summed E-state index contributed by atoms with van der Waals surface area (Å²) < 4.78 is 12.7. The number of nitrogens with zero attached hydrogens (tertiary/aromatic N) is 1. The number of carbonyl (C=O) groups is 2. The lowest BCUT2D eigenvalue weighted by atomic mass is 9.58. The second kappa shape index (κ2) is 6.06. The molecule has 9 rings (SSSR count). The zero-order valence-corrected chi connectivity index (χ0v) is 18.5. The van der Waals surface area contributed by atoms with E-state index in [0.29, 0.717) is 47.8 Å². The predicted molar refractivity (Wildman–Crippen MR) is 118 cm³/mol. The summed E-state index contributed by atoms with van der Waals surface area (Å²) in [6, 6.07) is 19.6. The van der Waals surface area contributed by atoms with Gasteiger partial charge in [-0.25, -0.2) is 0 Å². The van der Waals surface area contributed by atoms with E-state index < -0.39 is 17.8 Å². The minimum absolute atomic E-state index is 0.145. The number of carbonyl (C=O) groups excluding carboxylic acids is 2. The van der Waals surface area contributed by atoms with Crippen molar-refractivity contribution < 1.29 is 19.1 Å². The monoisotopic (exact) mass is 441 g/mol. The van der Waals surface area contributed by atoms with Crippen LogP contribution >= 0.6 is 0 Å². The molecule has 4 bridgehead atoms. The molecule has 2 aromatic rings. The van der Waals surface area contributed by atoms with Gasteiger partial charge in [-0.05, 0) is 47.5 Å². The fraction of sp³-hybridized carbons (Fsp3) is 0.500. The average Bonchev–Trinajstić information content (AvgIpc) is 3.51. The topological polar surface area (TPSA) is 55.8 Å². The maximum atomic E-state index is 14.4. The van der Waals surface area contributed by atoms with E-state index >= 15 is 0 Å². The molecule has 7 fully saturated rings. The number of hydrogen-bond acceptors (Lipinski definition) is 4. The molecule has 0 N–H and O–H groups in total. The molecule has 2 aromatic carbocycles. The summed E-state index contributed by atoms with van der Waals surface area (Å²) in [6.45, 7) is 1.86. The summed E-state index contributed by atoms with van der Waals surface area (Å²) in [4.78, 5) is 28.5. The molecular weight excluding hydrogens is 414 g/mol. The summed E-state index contributed by atoms with van der Waals surface area (Å²) in [5.74, 6) is 4.63. The molecule has 33 heavy (non-hydrogen) atoms. The molecule has 7 aliphatic rings. The molecule has 5 heteroatoms. The molecule has 5 aliphatic carbocycles. The lowest BCUT2D eigenvalue weighted by molar-refractivity contribution is -0.190. The zero-order chi connectivity index (χ0) is 22.1. The summed E-state index contributed by atoms with van der Waals surface area (Å²) >= 11 is 0. The minimum Gasteiger partial charge on any atom is -0.447 e. The van der Waals surface area contributed by atoms with Gasteiger partial charge in [-0.2, -0.15) is 0 Å². The Morgan fingerprint density at radius 2 is 1.70 bits per heavy atom. The fourth-order valence-electron chi connectivity index (χ4n) is 9.73. The van der Waals surface area contributed by atoms with Crippen LogP contribution in [0.3, 0.4) is 0 Å². The average molecular weight is 442 g/mol. The van der Waals surface area contributed by atoms with E-state index in [-0.39, 0.29) is 5.91 Å². The molecule has 2 saturated heterocycles. The van der Waals surface area contributed by atoms with E-state index in [9.17, 15) is 9.59 Å². The molecule has 0 aromatic heterocycles. The molecule has 11 atom stereocenters. The van der Waals surface area contributed by atoms with Crippen molar-refractivity contribution in [1.82, 2.24) is 4.90 Å². The molecule has 0 spiro atoms. The highest BCUT2D eigenvalue weighted by molar-refractivity contribution is 5.85. The van der Waals surface area contributed by atoms with E-state index in [0.717, 1.165) is 23.3 Å². The van der Waals surface area contributed by atoms with Crippen molar-refractivity contribution >= 4 is 11.9 Å². The molecule has 0 radical (unpaired) electrons. The molecule has 0 unspecified atom stereocenters. The lowest BCUT2D eigenvalue weighted by Gasteiger charge is -2.49. The summed E-state index contributed by atoms with van der Waals surface area (Å²) in [6.07, 6.45) is 0.707. The second-order valence-electron chi connectivity index (χ2n) is 11.1. The van der Waals surface area contributed by atoms with Crippen molar-refractivity contribution in [2.24, 2.45) is 47.3 Å². The fourth-order valence-corrected chi connectivity index (χ4v) is 9.73. The van der Waals surface area contributed by atoms with Crippen LogP contribution in [0.5, 0.6) is 0 Å². The minimum atomic E-state index is -0.953. The van der Waals surface area contributed by atoms with E-state index in [1.54, 1.807) is 0 Å². The van der Waals surface area contributed by atoms with Gasteiger partial charge in [0.1, 0.15) is 0 Å². The molecule has 5 nitrogen and oxygen atoms in total. The second-order valence-corrected chi connectivity index (χ2v) is 11.1. The highest BCUT2D eigenvalue weighted by atomic mass is 16.6. The number of rotatable bonds is 6. The molecule has 2 heterocycles. The Labute approximate surface area is 193 Å². The van der Waals surface area contributed by atoms with Crippen LogP contribution in [-0.2, 0) is 25.6 Å². The quantitative estimate of drug-likeness (QED) is 0.640. The van der Waals surface area contributed by atoms with E-state index in [1.807, 2.05) is 53.4 Å². The van der Waals surface area contributed by atoms with Crippen LogP contribution < -0.4 is 0 Å². The third kappa shape index (κ3) is 2.01. The molecule has 2 aliphatic heterocycles. The lowest BCUT2D eigenvalue weighted by Crippen LogP contribution is -2.60. The van der Waals surface area contributed by atoms with Gasteiger partial charge < -0.3 is 14.4 Å². The van der Waals surface area contributed by atoms with E-state index in [1.165, 1.54) is 13.3 Å². The van der Waals surface area contributed by atoms with Crippen LogP contribution in [0, 0.1) is 47.3 Å². The first-order valence-corrected chi connectivity index (χ1v) is 12.4. The van der Waals surface area contributed by atoms with Crippen molar-refractivity contribution in [3.8, 4) is 0 Å². The van der Waals surface area contributed by atoms with Crippen LogP contribution in [-0.4, -0.2) is 28.6 Å². The zero-order valence-electron chi connectivity index (χ0n) is 18.5. The van der Waals surface area contributed by atoms with Crippen LogP contribution in [0.25, 0.3) is 0 Å². The molecule has 1 amide bonds. The number of amides is 1. The Morgan fingerprint density at radius 3 is 2.42 bits per heavy atom. The van der Waals surface area contributed by atoms with Gasteiger partial charge in [0.15, 0.2) is 5.72 Å². The van der Waals surface area contributed by atoms with Gasteiger partial charge in [-0.1, -0.05) is 60.7 Å². The highest BCUT2D eigenvalue weighted by Crippen LogP contribution is 2.90. The smallest absolute Gasteiger partial charge is 0.303 e. The van der Waals surface area contributed by atoms with Crippen molar-refractivity contribution in [3.63, 3.8) is 0 Å². The van der Waals surface area contributed by atoms with Gasteiger partial charge >= 0.3 is 5.97 Å². The number of hydrogen-bond donors (Lipinski definition) is 0. The Kier molecular flexibility index (Phi) is 3.44. The van der Waals surface area contributed by atoms with Crippen LogP contribution in [0.1, 0.15) is 30.6 Å². The van der Waals surface area contributed by atoms with E-state index in [2.05, 4.69) is 12.1 Å². The number of ether oxygens (including phenoxy) is 2. The van der Waals surface area contributed by atoms with Gasteiger partial charge in [0, 0.05) is 30.9 Å².